The minimum Gasteiger partial charge on any atom is -0.493 e. The van der Waals surface area contributed by atoms with E-state index in [0.29, 0.717) is 44.8 Å². The van der Waals surface area contributed by atoms with E-state index >= 15 is 0 Å². The number of nitro groups is 1. The molecule has 0 N–H and O–H groups in total. The van der Waals surface area contributed by atoms with Crippen LogP contribution >= 0.6 is 0 Å². The molecule has 0 aliphatic heterocycles. The Kier molecular flexibility index (Phi) is 8.94. The Hall–Kier alpha value is -6.30. The van der Waals surface area contributed by atoms with Crippen LogP contribution in [0, 0.1) is 10.1 Å². The molecule has 0 unspecified atom stereocenters. The Bertz CT molecular complexity index is 1990. The maximum Gasteiger partial charge on any atom is 0.336 e. The second kappa shape index (κ2) is 13.3. The molecule has 12 heteroatoms. The number of nitro benzene ring substituents is 1. The quantitative estimate of drug-likeness (QED) is 0.0503. The van der Waals surface area contributed by atoms with Crippen LogP contribution in [-0.2, 0) is 4.79 Å². The lowest BCUT2D eigenvalue weighted by Gasteiger charge is -2.15. The van der Waals surface area contributed by atoms with E-state index in [1.807, 2.05) is 0 Å². The molecule has 12 nitrogen and oxygen atoms in total. The summed E-state index contributed by atoms with van der Waals surface area (Å²) in [6.45, 7) is 0. The first-order chi connectivity index (χ1) is 21.8. The Morgan fingerprint density at radius 1 is 0.889 bits per heavy atom. The van der Waals surface area contributed by atoms with Gasteiger partial charge in [-0.2, -0.15) is 9.78 Å². The molecule has 0 atom stereocenters. The van der Waals surface area contributed by atoms with E-state index < -0.39 is 16.5 Å². The zero-order valence-corrected chi connectivity index (χ0v) is 24.4. The molecule has 45 heavy (non-hydrogen) atoms. The Morgan fingerprint density at radius 3 is 2.22 bits per heavy atom. The highest BCUT2D eigenvalue weighted by molar-refractivity contribution is 5.91. The van der Waals surface area contributed by atoms with Gasteiger partial charge in [0.15, 0.2) is 17.3 Å². The fourth-order valence-corrected chi connectivity index (χ4v) is 4.44. The standard InChI is InChI=1S/C33H26N4O8/c1-42-28-18-23(19-29(43-2)31(28)44-3)32-35-26-10-6-5-9-25(26)33(39)36(32)34-20-22-8-4-7-11-27(22)45-30(38)17-14-21-12-15-24(16-13-21)37(40)41/h4-20H,1-3H3/b17-14+,34-20?. The van der Waals surface area contributed by atoms with Crippen molar-refractivity contribution in [3.63, 3.8) is 0 Å². The predicted octanol–water partition coefficient (Wildman–Crippen LogP) is 5.50. The van der Waals surface area contributed by atoms with E-state index in [0.717, 1.165) is 4.68 Å². The lowest BCUT2D eigenvalue weighted by atomic mass is 10.1. The van der Waals surface area contributed by atoms with E-state index in [1.165, 1.54) is 64.0 Å². The van der Waals surface area contributed by atoms with Crippen LogP contribution in [0.4, 0.5) is 5.69 Å². The second-order valence-corrected chi connectivity index (χ2v) is 9.37. The Labute approximate surface area is 256 Å². The molecular weight excluding hydrogens is 580 g/mol. The monoisotopic (exact) mass is 606 g/mol. The summed E-state index contributed by atoms with van der Waals surface area (Å²) in [6, 6.07) is 22.6. The predicted molar refractivity (Wildman–Crippen MR) is 168 cm³/mol. The number of hydrogen-bond acceptors (Lipinski definition) is 10. The highest BCUT2D eigenvalue weighted by Crippen LogP contribution is 2.40. The van der Waals surface area contributed by atoms with Gasteiger partial charge in [0.05, 0.1) is 43.4 Å². The zero-order valence-electron chi connectivity index (χ0n) is 24.4. The molecule has 0 fully saturated rings. The molecule has 1 aromatic heterocycles. The third kappa shape index (κ3) is 6.54. The summed E-state index contributed by atoms with van der Waals surface area (Å²) in [7, 11) is 4.46. The number of hydrogen-bond donors (Lipinski definition) is 0. The zero-order chi connectivity index (χ0) is 31.9. The van der Waals surface area contributed by atoms with Gasteiger partial charge >= 0.3 is 5.97 Å². The van der Waals surface area contributed by atoms with Gasteiger partial charge in [-0.3, -0.25) is 14.9 Å². The molecule has 0 radical (unpaired) electrons. The molecule has 0 saturated heterocycles. The van der Waals surface area contributed by atoms with E-state index in [1.54, 1.807) is 60.7 Å². The van der Waals surface area contributed by atoms with Crippen molar-refractivity contribution in [2.45, 2.75) is 0 Å². The maximum absolute atomic E-state index is 13.7. The van der Waals surface area contributed by atoms with Crippen LogP contribution < -0.4 is 24.5 Å². The lowest BCUT2D eigenvalue weighted by molar-refractivity contribution is -0.384. The number of carbonyl (C=O) groups excluding carboxylic acids is 1. The average molecular weight is 607 g/mol. The number of aromatic nitrogens is 2. The van der Waals surface area contributed by atoms with Crippen LogP contribution in [0.3, 0.4) is 0 Å². The SMILES string of the molecule is COc1cc(-c2nc3ccccc3c(=O)n2N=Cc2ccccc2OC(=O)/C=C/c2ccc([N+](=O)[O-])cc2)cc(OC)c1OC. The molecule has 0 amide bonds. The average Bonchev–Trinajstić information content (AvgIpc) is 3.06. The van der Waals surface area contributed by atoms with Gasteiger partial charge < -0.3 is 18.9 Å². The number of methoxy groups -OCH3 is 3. The van der Waals surface area contributed by atoms with Crippen LogP contribution in [0.5, 0.6) is 23.0 Å². The maximum atomic E-state index is 13.7. The molecule has 0 bridgehead atoms. The van der Waals surface area contributed by atoms with Crippen molar-refractivity contribution in [1.29, 1.82) is 0 Å². The minimum absolute atomic E-state index is 0.0583. The summed E-state index contributed by atoms with van der Waals surface area (Å²) in [5.74, 6) is 0.815. The molecule has 0 aliphatic rings. The molecule has 5 aromatic rings. The van der Waals surface area contributed by atoms with Crippen molar-refractivity contribution < 1.29 is 28.7 Å². The number of para-hydroxylation sites is 2. The van der Waals surface area contributed by atoms with Crippen molar-refractivity contribution >= 4 is 34.9 Å². The molecule has 5 rings (SSSR count). The molecule has 0 spiro atoms. The highest BCUT2D eigenvalue weighted by Gasteiger charge is 2.19. The summed E-state index contributed by atoms with van der Waals surface area (Å²) in [5, 5.41) is 15.7. The topological polar surface area (TPSA) is 144 Å². The minimum atomic E-state index is -0.683. The summed E-state index contributed by atoms with van der Waals surface area (Å²) in [4.78, 5) is 41.4. The van der Waals surface area contributed by atoms with E-state index in [-0.39, 0.29) is 17.3 Å². The van der Waals surface area contributed by atoms with E-state index in [4.69, 9.17) is 23.9 Å². The Balaban J connectivity index is 1.51. The van der Waals surface area contributed by atoms with Crippen LogP contribution in [0.1, 0.15) is 11.1 Å². The number of esters is 1. The number of ether oxygens (including phenoxy) is 4. The van der Waals surface area contributed by atoms with Gasteiger partial charge in [0.1, 0.15) is 5.75 Å². The number of non-ortho nitro benzene ring substituents is 1. The summed E-state index contributed by atoms with van der Waals surface area (Å²) in [6.07, 6.45) is 4.07. The van der Waals surface area contributed by atoms with Gasteiger partial charge in [0, 0.05) is 29.3 Å². The normalized spacial score (nSPS) is 11.2. The van der Waals surface area contributed by atoms with Gasteiger partial charge in [-0.15, -0.1) is 0 Å². The largest absolute Gasteiger partial charge is 0.493 e. The fraction of sp³-hybridized carbons (Fsp3) is 0.0909. The molecule has 4 aromatic carbocycles. The van der Waals surface area contributed by atoms with Gasteiger partial charge in [-0.25, -0.2) is 9.78 Å². The smallest absolute Gasteiger partial charge is 0.336 e. The summed E-state index contributed by atoms with van der Waals surface area (Å²) in [5.41, 5.74) is 1.44. The first-order valence-corrected chi connectivity index (χ1v) is 13.4. The van der Waals surface area contributed by atoms with E-state index in [9.17, 15) is 19.7 Å². The highest BCUT2D eigenvalue weighted by atomic mass is 16.6. The van der Waals surface area contributed by atoms with Crippen LogP contribution in [0.2, 0.25) is 0 Å². The van der Waals surface area contributed by atoms with Crippen molar-refractivity contribution in [2.24, 2.45) is 5.10 Å². The van der Waals surface area contributed by atoms with Gasteiger partial charge in [0.25, 0.3) is 11.2 Å². The molecular formula is C33H26N4O8. The number of nitrogens with zero attached hydrogens (tertiary/aromatic N) is 4. The van der Waals surface area contributed by atoms with Crippen LogP contribution in [0.25, 0.3) is 28.4 Å². The second-order valence-electron chi connectivity index (χ2n) is 9.37. The summed E-state index contributed by atoms with van der Waals surface area (Å²) < 4.78 is 23.1. The molecule has 226 valence electrons. The van der Waals surface area contributed by atoms with Crippen molar-refractivity contribution in [3.8, 4) is 34.4 Å². The first-order valence-electron chi connectivity index (χ1n) is 13.4. The van der Waals surface area contributed by atoms with Crippen molar-refractivity contribution in [3.05, 3.63) is 123 Å². The lowest BCUT2D eigenvalue weighted by Crippen LogP contribution is -2.20. The third-order valence-electron chi connectivity index (χ3n) is 6.63. The third-order valence-corrected chi connectivity index (χ3v) is 6.63. The summed E-state index contributed by atoms with van der Waals surface area (Å²) >= 11 is 0. The van der Waals surface area contributed by atoms with Gasteiger partial charge in [0.2, 0.25) is 5.75 Å². The molecule has 0 saturated carbocycles. The number of fused-ring (bicyclic) bond motifs is 1. The van der Waals surface area contributed by atoms with Crippen LogP contribution in [0.15, 0.2) is 101 Å². The van der Waals surface area contributed by atoms with Crippen LogP contribution in [-0.4, -0.2) is 48.1 Å². The molecule has 1 heterocycles. The van der Waals surface area contributed by atoms with Crippen molar-refractivity contribution in [1.82, 2.24) is 9.66 Å². The number of rotatable bonds is 10. The molecule has 0 aliphatic carbocycles. The fourth-order valence-electron chi connectivity index (χ4n) is 4.44. The van der Waals surface area contributed by atoms with Gasteiger partial charge in [-0.05, 0) is 60.2 Å². The number of benzene rings is 4. The van der Waals surface area contributed by atoms with Gasteiger partial charge in [-0.1, -0.05) is 24.3 Å². The van der Waals surface area contributed by atoms with Crippen molar-refractivity contribution in [2.75, 3.05) is 21.3 Å². The first kappa shape index (κ1) is 30.2. The number of carbonyl (C=O) groups is 1. The Morgan fingerprint density at radius 2 is 1.56 bits per heavy atom. The van der Waals surface area contributed by atoms with E-state index in [2.05, 4.69) is 5.10 Å².